The SMILES string of the molecule is OBc1cccc(-c2ccc3c(c2)C2(c4ccccc4-c4ccccc42)c2ccccc2-3)c1. The van der Waals surface area contributed by atoms with Crippen LogP contribution in [-0.2, 0) is 5.41 Å². The molecule has 0 radical (unpaired) electrons. The van der Waals surface area contributed by atoms with Crippen molar-refractivity contribution < 1.29 is 5.02 Å². The van der Waals surface area contributed by atoms with Gasteiger partial charge in [-0.25, -0.2) is 0 Å². The molecule has 0 amide bonds. The van der Waals surface area contributed by atoms with Crippen molar-refractivity contribution in [3.8, 4) is 33.4 Å². The van der Waals surface area contributed by atoms with Gasteiger partial charge in [-0.05, 0) is 61.7 Å². The standard InChI is InChI=1S/C31H21BO/c33-32-22-9-7-8-20(18-22)21-16-17-26-25-12-3-6-15-29(25)31(30(26)19-21)27-13-4-1-10-23(27)24-11-2-5-14-28(24)31/h1-19,32-33H. The zero-order valence-corrected chi connectivity index (χ0v) is 18.1. The fourth-order valence-corrected chi connectivity index (χ4v) is 6.12. The third-order valence-electron chi connectivity index (χ3n) is 7.44. The normalized spacial score (nSPS) is 13.8. The van der Waals surface area contributed by atoms with Crippen LogP contribution in [0.4, 0.5) is 0 Å². The molecule has 2 aliphatic rings. The average Bonchev–Trinajstić information content (AvgIpc) is 3.36. The number of benzene rings is 5. The van der Waals surface area contributed by atoms with E-state index in [9.17, 15) is 5.02 Å². The van der Waals surface area contributed by atoms with Crippen LogP contribution in [0.5, 0.6) is 0 Å². The van der Waals surface area contributed by atoms with Crippen LogP contribution in [0, 0.1) is 0 Å². The lowest BCUT2D eigenvalue weighted by atomic mass is 9.70. The topological polar surface area (TPSA) is 20.2 Å². The van der Waals surface area contributed by atoms with Crippen molar-refractivity contribution in [2.24, 2.45) is 0 Å². The van der Waals surface area contributed by atoms with Gasteiger partial charge in [0.2, 0.25) is 0 Å². The molecule has 2 aliphatic carbocycles. The van der Waals surface area contributed by atoms with Gasteiger partial charge in [-0.3, -0.25) is 0 Å². The van der Waals surface area contributed by atoms with E-state index in [1.54, 1.807) is 0 Å². The maximum atomic E-state index is 9.67. The zero-order chi connectivity index (χ0) is 22.0. The highest BCUT2D eigenvalue weighted by molar-refractivity contribution is 6.45. The molecule has 0 atom stereocenters. The van der Waals surface area contributed by atoms with Gasteiger partial charge >= 0.3 is 7.48 Å². The molecule has 0 aliphatic heterocycles. The molecule has 2 heteroatoms. The fourth-order valence-electron chi connectivity index (χ4n) is 6.12. The zero-order valence-electron chi connectivity index (χ0n) is 18.1. The van der Waals surface area contributed by atoms with Gasteiger partial charge in [0.25, 0.3) is 0 Å². The summed E-state index contributed by atoms with van der Waals surface area (Å²) < 4.78 is 0. The molecule has 33 heavy (non-hydrogen) atoms. The lowest BCUT2D eigenvalue weighted by Crippen LogP contribution is -2.25. The molecule has 0 aromatic heterocycles. The second-order valence-electron chi connectivity index (χ2n) is 9.01. The van der Waals surface area contributed by atoms with E-state index in [-0.39, 0.29) is 12.9 Å². The summed E-state index contributed by atoms with van der Waals surface area (Å²) in [6, 6.07) is 41.7. The first-order valence-corrected chi connectivity index (χ1v) is 11.5. The molecule has 5 aromatic carbocycles. The molecule has 0 fully saturated rings. The van der Waals surface area contributed by atoms with Gasteiger partial charge in [0, 0.05) is 0 Å². The van der Waals surface area contributed by atoms with Crippen molar-refractivity contribution >= 4 is 12.9 Å². The molecule has 7 rings (SSSR count). The van der Waals surface area contributed by atoms with Crippen LogP contribution in [-0.4, -0.2) is 12.5 Å². The maximum absolute atomic E-state index is 9.67. The van der Waals surface area contributed by atoms with Crippen molar-refractivity contribution in [2.75, 3.05) is 0 Å². The van der Waals surface area contributed by atoms with E-state index in [1.165, 1.54) is 50.1 Å². The molecule has 0 heterocycles. The van der Waals surface area contributed by atoms with Crippen LogP contribution in [0.25, 0.3) is 33.4 Å². The highest BCUT2D eigenvalue weighted by atomic mass is 16.2. The van der Waals surface area contributed by atoms with Crippen LogP contribution in [0.2, 0.25) is 0 Å². The Morgan fingerprint density at radius 2 is 0.970 bits per heavy atom. The molecule has 0 saturated carbocycles. The summed E-state index contributed by atoms with van der Waals surface area (Å²) in [5.74, 6) is 0. The smallest absolute Gasteiger partial charge is 0.304 e. The Bertz CT molecular complexity index is 1500. The Kier molecular flexibility index (Phi) is 3.85. The molecular formula is C31H21BO. The van der Waals surface area contributed by atoms with Crippen LogP contribution >= 0.6 is 0 Å². The first kappa shape index (κ1) is 18.7. The van der Waals surface area contributed by atoms with Crippen molar-refractivity contribution in [3.63, 3.8) is 0 Å². The monoisotopic (exact) mass is 420 g/mol. The first-order valence-electron chi connectivity index (χ1n) is 11.5. The van der Waals surface area contributed by atoms with Crippen LogP contribution < -0.4 is 5.46 Å². The third-order valence-corrected chi connectivity index (χ3v) is 7.44. The molecule has 5 aromatic rings. The van der Waals surface area contributed by atoms with Gasteiger partial charge in [0.05, 0.1) is 5.41 Å². The number of fused-ring (bicyclic) bond motifs is 10. The fraction of sp³-hybridized carbons (Fsp3) is 0.0323. The molecule has 0 bridgehead atoms. The second-order valence-corrected chi connectivity index (χ2v) is 9.01. The van der Waals surface area contributed by atoms with Gasteiger partial charge in [-0.1, -0.05) is 115 Å². The van der Waals surface area contributed by atoms with E-state index in [0.29, 0.717) is 0 Å². The number of hydrogen-bond acceptors (Lipinski definition) is 1. The highest BCUT2D eigenvalue weighted by Crippen LogP contribution is 2.62. The van der Waals surface area contributed by atoms with E-state index >= 15 is 0 Å². The summed E-state index contributed by atoms with van der Waals surface area (Å²) >= 11 is 0. The Labute approximate surface area is 194 Å². The molecular weight excluding hydrogens is 399 g/mol. The second kappa shape index (κ2) is 6.81. The lowest BCUT2D eigenvalue weighted by Gasteiger charge is -2.30. The minimum absolute atomic E-state index is 0.0505. The molecule has 1 nitrogen and oxygen atoms in total. The van der Waals surface area contributed by atoms with E-state index in [4.69, 9.17) is 0 Å². The van der Waals surface area contributed by atoms with E-state index < -0.39 is 0 Å². The quantitative estimate of drug-likeness (QED) is 0.358. The Morgan fingerprint density at radius 1 is 0.455 bits per heavy atom. The first-order chi connectivity index (χ1) is 16.3. The van der Waals surface area contributed by atoms with Crippen molar-refractivity contribution in [3.05, 3.63) is 138 Å². The van der Waals surface area contributed by atoms with E-state index in [2.05, 4.69) is 103 Å². The van der Waals surface area contributed by atoms with Crippen molar-refractivity contribution in [1.82, 2.24) is 0 Å². The van der Waals surface area contributed by atoms with Crippen LogP contribution in [0.15, 0.2) is 115 Å². The number of rotatable bonds is 2. The summed E-state index contributed by atoms with van der Waals surface area (Å²) in [5, 5.41) is 9.67. The lowest BCUT2D eigenvalue weighted by molar-refractivity contribution is 0.615. The van der Waals surface area contributed by atoms with Crippen LogP contribution in [0.1, 0.15) is 22.3 Å². The predicted octanol–water partition coefficient (Wildman–Crippen LogP) is 5.67. The minimum Gasteiger partial charge on any atom is -0.449 e. The Balaban J connectivity index is 1.60. The Hall–Kier alpha value is -3.88. The highest BCUT2D eigenvalue weighted by Gasteiger charge is 2.51. The molecule has 0 saturated heterocycles. The van der Waals surface area contributed by atoms with Crippen molar-refractivity contribution in [1.29, 1.82) is 0 Å². The largest absolute Gasteiger partial charge is 0.449 e. The minimum atomic E-state index is -0.316. The predicted molar refractivity (Wildman–Crippen MR) is 137 cm³/mol. The number of hydrogen-bond donors (Lipinski definition) is 1. The van der Waals surface area contributed by atoms with Gasteiger partial charge < -0.3 is 5.02 Å². The summed E-state index contributed by atoms with van der Waals surface area (Å²) in [7, 11) is 0.0505. The molecule has 154 valence electrons. The van der Waals surface area contributed by atoms with E-state index in [1.807, 2.05) is 12.1 Å². The van der Waals surface area contributed by atoms with Gasteiger partial charge in [-0.2, -0.15) is 0 Å². The van der Waals surface area contributed by atoms with Gasteiger partial charge in [0.1, 0.15) is 0 Å². The van der Waals surface area contributed by atoms with Crippen molar-refractivity contribution in [2.45, 2.75) is 5.41 Å². The molecule has 0 unspecified atom stereocenters. The molecule has 1 spiro atoms. The summed E-state index contributed by atoms with van der Waals surface area (Å²) in [6.45, 7) is 0. The van der Waals surface area contributed by atoms with E-state index in [0.717, 1.165) is 11.0 Å². The van der Waals surface area contributed by atoms with Gasteiger partial charge in [-0.15, -0.1) is 0 Å². The maximum Gasteiger partial charge on any atom is 0.304 e. The average molecular weight is 420 g/mol. The molecule has 1 N–H and O–H groups in total. The summed E-state index contributed by atoms with van der Waals surface area (Å²) in [4.78, 5) is 0. The third kappa shape index (κ3) is 2.36. The summed E-state index contributed by atoms with van der Waals surface area (Å²) in [6.07, 6.45) is 0. The summed E-state index contributed by atoms with van der Waals surface area (Å²) in [5.41, 5.74) is 13.6. The van der Waals surface area contributed by atoms with Gasteiger partial charge in [0.15, 0.2) is 0 Å². The van der Waals surface area contributed by atoms with Crippen LogP contribution in [0.3, 0.4) is 0 Å². The Morgan fingerprint density at radius 3 is 1.55 bits per heavy atom.